The van der Waals surface area contributed by atoms with Gasteiger partial charge < -0.3 is 4.90 Å². The fraction of sp³-hybridized carbons (Fsp3) is 0.429. The Morgan fingerprint density at radius 3 is 2.50 bits per heavy atom. The number of carbonyl (C=O) groups is 1. The van der Waals surface area contributed by atoms with Crippen LogP contribution in [0.1, 0.15) is 24.8 Å². The Morgan fingerprint density at radius 1 is 1.44 bits per heavy atom. The van der Waals surface area contributed by atoms with Crippen molar-refractivity contribution in [3.8, 4) is 6.07 Å². The van der Waals surface area contributed by atoms with Crippen molar-refractivity contribution in [1.82, 2.24) is 0 Å². The minimum absolute atomic E-state index is 0.117. The summed E-state index contributed by atoms with van der Waals surface area (Å²) >= 11 is 4.31. The molecule has 1 aliphatic rings. The molecule has 0 unspecified atom stereocenters. The Hall–Kier alpha value is -1.47. The molecule has 1 amide bonds. The van der Waals surface area contributed by atoms with E-state index in [-0.39, 0.29) is 11.3 Å². The highest BCUT2D eigenvalue weighted by atomic mass is 32.1. The molecule has 0 N–H and O–H groups in total. The number of thiol groups is 1. The lowest BCUT2D eigenvalue weighted by Crippen LogP contribution is -2.29. The molecule has 1 saturated carbocycles. The van der Waals surface area contributed by atoms with Crippen molar-refractivity contribution < 1.29 is 4.79 Å². The Labute approximate surface area is 113 Å². The van der Waals surface area contributed by atoms with Crippen molar-refractivity contribution in [3.05, 3.63) is 29.8 Å². The van der Waals surface area contributed by atoms with Gasteiger partial charge in [-0.25, -0.2) is 0 Å². The van der Waals surface area contributed by atoms with E-state index in [9.17, 15) is 4.79 Å². The van der Waals surface area contributed by atoms with Crippen molar-refractivity contribution in [1.29, 1.82) is 5.26 Å². The van der Waals surface area contributed by atoms with E-state index in [1.54, 1.807) is 36.2 Å². The smallest absolute Gasteiger partial charge is 0.227 e. The molecule has 0 bridgehead atoms. The molecule has 1 aromatic rings. The molecule has 2 rings (SSSR count). The maximum absolute atomic E-state index is 12.1. The summed E-state index contributed by atoms with van der Waals surface area (Å²) in [6.07, 6.45) is 2.76. The number of nitrogens with zero attached hydrogens (tertiary/aromatic N) is 2. The van der Waals surface area contributed by atoms with Gasteiger partial charge in [-0.15, -0.1) is 0 Å². The van der Waals surface area contributed by atoms with E-state index in [2.05, 4.69) is 18.7 Å². The lowest BCUT2D eigenvalue weighted by Gasteiger charge is -2.20. The summed E-state index contributed by atoms with van der Waals surface area (Å²) < 4.78 is 0. The van der Waals surface area contributed by atoms with Crippen LogP contribution in [0.5, 0.6) is 0 Å². The lowest BCUT2D eigenvalue weighted by atomic mass is 10.0. The molecule has 3 nitrogen and oxygen atoms in total. The van der Waals surface area contributed by atoms with E-state index in [0.717, 1.165) is 24.3 Å². The van der Waals surface area contributed by atoms with Gasteiger partial charge >= 0.3 is 0 Å². The van der Waals surface area contributed by atoms with E-state index in [0.29, 0.717) is 12.0 Å². The third kappa shape index (κ3) is 2.68. The van der Waals surface area contributed by atoms with E-state index in [1.165, 1.54) is 0 Å². The maximum Gasteiger partial charge on any atom is 0.227 e. The normalized spacial score (nSPS) is 15.8. The van der Waals surface area contributed by atoms with E-state index in [1.807, 2.05) is 0 Å². The van der Waals surface area contributed by atoms with Gasteiger partial charge in [-0.2, -0.15) is 17.9 Å². The molecule has 94 valence electrons. The van der Waals surface area contributed by atoms with Crippen molar-refractivity contribution in [2.45, 2.75) is 19.3 Å². The molecular formula is C14H16N2OS. The topological polar surface area (TPSA) is 44.1 Å². The molecule has 1 aliphatic carbocycles. The first-order chi connectivity index (χ1) is 8.60. The van der Waals surface area contributed by atoms with E-state index < -0.39 is 0 Å². The SMILES string of the molecule is CN(C(=O)CC1(CS)CC1)c1ccc(C#N)cc1. The van der Waals surface area contributed by atoms with Crippen LogP contribution in [0.15, 0.2) is 24.3 Å². The minimum atomic E-state index is 0.117. The largest absolute Gasteiger partial charge is 0.315 e. The second-order valence-corrected chi connectivity index (χ2v) is 5.26. The van der Waals surface area contributed by atoms with Crippen LogP contribution in [0.4, 0.5) is 5.69 Å². The van der Waals surface area contributed by atoms with Gasteiger partial charge in [0.15, 0.2) is 0 Å². The highest BCUT2D eigenvalue weighted by molar-refractivity contribution is 7.80. The van der Waals surface area contributed by atoms with E-state index >= 15 is 0 Å². The summed E-state index contributed by atoms with van der Waals surface area (Å²) in [4.78, 5) is 13.8. The third-order valence-corrected chi connectivity index (χ3v) is 4.25. The number of anilines is 1. The first-order valence-corrected chi connectivity index (χ1v) is 6.61. The maximum atomic E-state index is 12.1. The van der Waals surface area contributed by atoms with Crippen LogP contribution in [0.25, 0.3) is 0 Å². The van der Waals surface area contributed by atoms with Crippen LogP contribution < -0.4 is 4.90 Å². The van der Waals surface area contributed by atoms with Gasteiger partial charge in [0.2, 0.25) is 5.91 Å². The molecule has 0 saturated heterocycles. The average molecular weight is 260 g/mol. The van der Waals surface area contributed by atoms with Crippen molar-refractivity contribution >= 4 is 24.2 Å². The highest BCUT2D eigenvalue weighted by Gasteiger charge is 2.43. The lowest BCUT2D eigenvalue weighted by molar-refractivity contribution is -0.119. The van der Waals surface area contributed by atoms with Crippen molar-refractivity contribution in [2.24, 2.45) is 5.41 Å². The molecule has 0 atom stereocenters. The number of amides is 1. The highest BCUT2D eigenvalue weighted by Crippen LogP contribution is 2.49. The van der Waals surface area contributed by atoms with Gasteiger partial charge in [0.1, 0.15) is 0 Å². The summed E-state index contributed by atoms with van der Waals surface area (Å²) in [5.74, 6) is 0.895. The van der Waals surface area contributed by atoms with Gasteiger partial charge in [0, 0.05) is 19.2 Å². The molecule has 1 fully saturated rings. The van der Waals surface area contributed by atoms with Gasteiger partial charge in [-0.05, 0) is 48.3 Å². The van der Waals surface area contributed by atoms with Crippen molar-refractivity contribution in [3.63, 3.8) is 0 Å². The zero-order valence-electron chi connectivity index (χ0n) is 10.4. The minimum Gasteiger partial charge on any atom is -0.315 e. The first kappa shape index (κ1) is 13.0. The fourth-order valence-electron chi connectivity index (χ4n) is 1.91. The van der Waals surface area contributed by atoms with Gasteiger partial charge in [0.25, 0.3) is 0 Å². The summed E-state index contributed by atoms with van der Waals surface area (Å²) in [5, 5.41) is 8.73. The molecular weight excluding hydrogens is 244 g/mol. The Morgan fingerprint density at radius 2 is 2.06 bits per heavy atom. The quantitative estimate of drug-likeness (QED) is 0.846. The molecule has 0 heterocycles. The molecule has 0 aliphatic heterocycles. The zero-order chi connectivity index (χ0) is 13.2. The number of rotatable bonds is 4. The number of nitriles is 1. The number of benzene rings is 1. The third-order valence-electron chi connectivity index (χ3n) is 3.58. The van der Waals surface area contributed by atoms with Crippen LogP contribution >= 0.6 is 12.6 Å². The molecule has 0 aromatic heterocycles. The van der Waals surface area contributed by atoms with Crippen LogP contribution in [0.3, 0.4) is 0 Å². The first-order valence-electron chi connectivity index (χ1n) is 5.98. The number of hydrogen-bond acceptors (Lipinski definition) is 3. The second-order valence-electron chi connectivity index (χ2n) is 4.95. The molecule has 0 radical (unpaired) electrons. The number of carbonyl (C=O) groups excluding carboxylic acids is 1. The number of hydrogen-bond donors (Lipinski definition) is 1. The molecule has 4 heteroatoms. The Bertz CT molecular complexity index is 486. The monoisotopic (exact) mass is 260 g/mol. The average Bonchev–Trinajstić information content (AvgIpc) is 3.18. The van der Waals surface area contributed by atoms with E-state index in [4.69, 9.17) is 5.26 Å². The summed E-state index contributed by atoms with van der Waals surface area (Å²) in [6, 6.07) is 9.12. The fourth-order valence-corrected chi connectivity index (χ4v) is 2.34. The zero-order valence-corrected chi connectivity index (χ0v) is 11.3. The van der Waals surface area contributed by atoms with Crippen LogP contribution in [0, 0.1) is 16.7 Å². The summed E-state index contributed by atoms with van der Waals surface area (Å²) in [7, 11) is 1.78. The van der Waals surface area contributed by atoms with Crippen LogP contribution in [-0.2, 0) is 4.79 Å². The molecule has 18 heavy (non-hydrogen) atoms. The van der Waals surface area contributed by atoms with Gasteiger partial charge in [-0.1, -0.05) is 0 Å². The Balaban J connectivity index is 2.04. The predicted octanol–water partition coefficient (Wildman–Crippen LogP) is 2.62. The standard InChI is InChI=1S/C14H16N2OS/c1-16(12-4-2-11(9-15)3-5-12)13(17)8-14(10-18)6-7-14/h2-5,18H,6-8,10H2,1H3. The Kier molecular flexibility index (Phi) is 3.63. The second kappa shape index (κ2) is 5.03. The van der Waals surface area contributed by atoms with Crippen molar-refractivity contribution in [2.75, 3.05) is 17.7 Å². The molecule has 0 spiro atoms. The van der Waals surface area contributed by atoms with Crippen LogP contribution in [0.2, 0.25) is 0 Å². The molecule has 1 aromatic carbocycles. The summed E-state index contributed by atoms with van der Waals surface area (Å²) in [5.41, 5.74) is 1.57. The predicted molar refractivity (Wildman–Crippen MR) is 74.7 cm³/mol. The van der Waals surface area contributed by atoms with Crippen LogP contribution in [-0.4, -0.2) is 18.7 Å². The summed E-state index contributed by atoms with van der Waals surface area (Å²) in [6.45, 7) is 0. The van der Waals surface area contributed by atoms with Gasteiger partial charge in [0.05, 0.1) is 11.6 Å². The van der Waals surface area contributed by atoms with Gasteiger partial charge in [-0.3, -0.25) is 4.79 Å².